The summed E-state index contributed by atoms with van der Waals surface area (Å²) >= 11 is 4.35. The van der Waals surface area contributed by atoms with Gasteiger partial charge in [-0.15, -0.1) is 0 Å². The number of nitro benzene ring substituents is 1. The van der Waals surface area contributed by atoms with Crippen LogP contribution >= 0.6 is 45.2 Å². The predicted molar refractivity (Wildman–Crippen MR) is 137 cm³/mol. The smallest absolute Gasteiger partial charge is 0.269 e. The summed E-state index contributed by atoms with van der Waals surface area (Å²) in [4.78, 5) is 10.4. The molecule has 0 fully saturated rings. The number of phenolic OH excluding ortho intramolecular Hbond substituents is 1. The number of rotatable bonds is 5. The molecule has 0 amide bonds. The molecule has 0 saturated carbocycles. The van der Waals surface area contributed by atoms with Crippen LogP contribution in [-0.4, -0.2) is 10.0 Å². The molecule has 0 unspecified atom stereocenters. The minimum Gasteiger partial charge on any atom is -0.508 e. The van der Waals surface area contributed by atoms with E-state index < -0.39 is 10.8 Å². The first-order chi connectivity index (χ1) is 15.8. The van der Waals surface area contributed by atoms with Gasteiger partial charge in [0.25, 0.3) is 5.69 Å². The van der Waals surface area contributed by atoms with Crippen LogP contribution in [0.15, 0.2) is 66.1 Å². The van der Waals surface area contributed by atoms with Gasteiger partial charge in [0.05, 0.1) is 18.0 Å². The van der Waals surface area contributed by atoms with Crippen LogP contribution in [0, 0.1) is 28.6 Å². The number of hydrogen-bond donors (Lipinski definition) is 2. The van der Waals surface area contributed by atoms with Crippen LogP contribution in [0.25, 0.3) is 0 Å². The lowest BCUT2D eigenvalue weighted by molar-refractivity contribution is -0.384. The molecule has 10 heteroatoms. The number of hydrogen-bond acceptors (Lipinski definition) is 7. The Bertz CT molecular complexity index is 1310. The van der Waals surface area contributed by atoms with Gasteiger partial charge in [0.15, 0.2) is 0 Å². The van der Waals surface area contributed by atoms with Crippen molar-refractivity contribution in [2.24, 2.45) is 5.73 Å². The van der Waals surface area contributed by atoms with Gasteiger partial charge in [-0.05, 0) is 86.6 Å². The van der Waals surface area contributed by atoms with Crippen LogP contribution in [0.4, 0.5) is 5.69 Å². The highest BCUT2D eigenvalue weighted by Gasteiger charge is 2.31. The fraction of sp³-hybridized carbons (Fsp3) is 0.0870. The maximum Gasteiger partial charge on any atom is 0.269 e. The molecule has 0 radical (unpaired) electrons. The second-order valence-electron chi connectivity index (χ2n) is 7.17. The number of nitrogens with zero attached hydrogens (tertiary/aromatic N) is 2. The maximum absolute atomic E-state index is 10.8. The molecule has 1 heterocycles. The van der Waals surface area contributed by atoms with Gasteiger partial charge in [-0.25, -0.2) is 0 Å². The third-order valence-electron chi connectivity index (χ3n) is 5.09. The summed E-state index contributed by atoms with van der Waals surface area (Å²) in [6.07, 6.45) is 0. The number of allylic oxidation sites excluding steroid dienone is 1. The highest BCUT2D eigenvalue weighted by atomic mass is 127. The molecule has 1 aliphatic rings. The van der Waals surface area contributed by atoms with Gasteiger partial charge < -0.3 is 20.3 Å². The van der Waals surface area contributed by atoms with Crippen molar-refractivity contribution in [3.05, 3.63) is 100.0 Å². The predicted octanol–water partition coefficient (Wildman–Crippen LogP) is 5.31. The van der Waals surface area contributed by atoms with Crippen LogP contribution in [0.1, 0.15) is 22.6 Å². The van der Waals surface area contributed by atoms with Crippen LogP contribution in [0.3, 0.4) is 0 Å². The average molecular weight is 667 g/mol. The molecule has 8 nitrogen and oxygen atoms in total. The highest BCUT2D eigenvalue weighted by Crippen LogP contribution is 2.45. The third kappa shape index (κ3) is 4.69. The monoisotopic (exact) mass is 667 g/mol. The van der Waals surface area contributed by atoms with E-state index in [0.717, 1.165) is 23.8 Å². The topological polar surface area (TPSA) is 132 Å². The van der Waals surface area contributed by atoms with Crippen molar-refractivity contribution in [3.8, 4) is 23.3 Å². The van der Waals surface area contributed by atoms with Crippen molar-refractivity contribution in [1.29, 1.82) is 5.26 Å². The van der Waals surface area contributed by atoms with Crippen LogP contribution in [0.5, 0.6) is 17.2 Å². The third-order valence-corrected chi connectivity index (χ3v) is 6.69. The molecule has 166 valence electrons. The Morgan fingerprint density at radius 1 is 1.15 bits per heavy atom. The number of fused-ring (bicyclic) bond motifs is 1. The summed E-state index contributed by atoms with van der Waals surface area (Å²) in [5.41, 5.74) is 8.69. The molecule has 4 rings (SSSR count). The van der Waals surface area contributed by atoms with Gasteiger partial charge in [-0.3, -0.25) is 10.1 Å². The molecule has 3 N–H and O–H groups in total. The van der Waals surface area contributed by atoms with E-state index in [1.54, 1.807) is 24.3 Å². The Labute approximate surface area is 216 Å². The van der Waals surface area contributed by atoms with E-state index >= 15 is 0 Å². The van der Waals surface area contributed by atoms with E-state index in [1.807, 2.05) is 12.1 Å². The summed E-state index contributed by atoms with van der Waals surface area (Å²) < 4.78 is 13.2. The molecular formula is C23H15I2N3O5. The largest absolute Gasteiger partial charge is 0.508 e. The maximum atomic E-state index is 10.8. The Hall–Kier alpha value is -3.05. The van der Waals surface area contributed by atoms with E-state index in [1.165, 1.54) is 18.2 Å². The summed E-state index contributed by atoms with van der Waals surface area (Å²) in [7, 11) is 0. The minimum absolute atomic E-state index is 0.00381. The first kappa shape index (κ1) is 23.1. The molecule has 0 aromatic heterocycles. The Morgan fingerprint density at radius 3 is 2.42 bits per heavy atom. The number of halogens is 2. The van der Waals surface area contributed by atoms with Gasteiger partial charge >= 0.3 is 0 Å². The molecule has 0 bridgehead atoms. The summed E-state index contributed by atoms with van der Waals surface area (Å²) in [6.45, 7) is 0.249. The van der Waals surface area contributed by atoms with Crippen LogP contribution < -0.4 is 15.2 Å². The van der Waals surface area contributed by atoms with E-state index in [0.29, 0.717) is 17.1 Å². The van der Waals surface area contributed by atoms with Crippen molar-refractivity contribution in [2.75, 3.05) is 0 Å². The number of non-ortho nitro benzene ring substituents is 1. The van der Waals surface area contributed by atoms with Crippen molar-refractivity contribution < 1.29 is 19.5 Å². The number of aromatic hydroxyl groups is 1. The van der Waals surface area contributed by atoms with Gasteiger partial charge in [0.1, 0.15) is 35.5 Å². The zero-order valence-corrected chi connectivity index (χ0v) is 21.1. The van der Waals surface area contributed by atoms with E-state index in [-0.39, 0.29) is 23.9 Å². The Kier molecular flexibility index (Phi) is 6.61. The zero-order chi connectivity index (χ0) is 23.7. The summed E-state index contributed by atoms with van der Waals surface area (Å²) in [6, 6.07) is 16.9. The Morgan fingerprint density at radius 2 is 1.82 bits per heavy atom. The SMILES string of the molecule is N#CC1=C(N)Oc2cc(O)ccc2[C@@H]1c1cc(I)c(OCc2ccc([N+](=O)[O-])cc2)c(I)c1. The number of ether oxygens (including phenoxy) is 2. The van der Waals surface area contributed by atoms with E-state index in [2.05, 4.69) is 51.3 Å². The normalized spacial score (nSPS) is 14.8. The number of benzene rings is 3. The molecule has 3 aromatic rings. The molecule has 1 atom stereocenters. The Balaban J connectivity index is 1.66. The lowest BCUT2D eigenvalue weighted by Crippen LogP contribution is -2.21. The van der Waals surface area contributed by atoms with Gasteiger partial charge in [0.2, 0.25) is 5.88 Å². The van der Waals surface area contributed by atoms with Crippen molar-refractivity contribution >= 4 is 50.9 Å². The fourth-order valence-electron chi connectivity index (χ4n) is 3.54. The lowest BCUT2D eigenvalue weighted by atomic mass is 9.83. The fourth-order valence-corrected chi connectivity index (χ4v) is 5.67. The zero-order valence-electron chi connectivity index (χ0n) is 16.8. The summed E-state index contributed by atoms with van der Waals surface area (Å²) in [5.74, 6) is 0.667. The molecular weight excluding hydrogens is 652 g/mol. The minimum atomic E-state index is -0.454. The quantitative estimate of drug-likeness (QED) is 0.214. The van der Waals surface area contributed by atoms with Crippen LogP contribution in [0.2, 0.25) is 0 Å². The first-order valence-electron chi connectivity index (χ1n) is 9.54. The molecule has 1 aliphatic heterocycles. The molecule has 0 aliphatic carbocycles. The number of nitrogens with two attached hydrogens (primary N) is 1. The molecule has 0 saturated heterocycles. The van der Waals surface area contributed by atoms with Crippen LogP contribution in [-0.2, 0) is 6.61 Å². The molecule has 0 spiro atoms. The number of nitro groups is 1. The van der Waals surface area contributed by atoms with Gasteiger partial charge in [-0.1, -0.05) is 6.07 Å². The van der Waals surface area contributed by atoms with Gasteiger partial charge in [0, 0.05) is 23.8 Å². The highest BCUT2D eigenvalue weighted by molar-refractivity contribution is 14.1. The van der Waals surface area contributed by atoms with Gasteiger partial charge in [-0.2, -0.15) is 5.26 Å². The van der Waals surface area contributed by atoms with E-state index in [9.17, 15) is 20.5 Å². The lowest BCUT2D eigenvalue weighted by Gasteiger charge is -2.27. The van der Waals surface area contributed by atoms with Crippen molar-refractivity contribution in [1.82, 2.24) is 0 Å². The summed E-state index contributed by atoms with van der Waals surface area (Å²) in [5, 5.41) is 30.4. The number of nitriles is 1. The number of phenols is 1. The first-order valence-corrected chi connectivity index (χ1v) is 11.7. The van der Waals surface area contributed by atoms with Crippen molar-refractivity contribution in [2.45, 2.75) is 12.5 Å². The second kappa shape index (κ2) is 9.44. The standard InChI is InChI=1S/C23H15I2N3O5/c24-18-7-13(21-16-6-5-15(29)9-20(16)33-23(27)17(21)10-26)8-19(25)22(18)32-11-12-1-3-14(4-2-12)28(30)31/h1-9,21,29H,11,27H2/t21-/m0/s1. The molecule has 33 heavy (non-hydrogen) atoms. The molecule has 3 aromatic carbocycles. The second-order valence-corrected chi connectivity index (χ2v) is 9.50. The van der Waals surface area contributed by atoms with Crippen molar-refractivity contribution in [3.63, 3.8) is 0 Å². The van der Waals surface area contributed by atoms with E-state index in [4.69, 9.17) is 15.2 Å². The average Bonchev–Trinajstić information content (AvgIpc) is 2.77.